The highest BCUT2D eigenvalue weighted by Crippen LogP contribution is 3.02. The molecule has 1 aliphatic rings. The Bertz CT molecular complexity index is 506. The monoisotopic (exact) mass is 317 g/mol. The van der Waals surface area contributed by atoms with Gasteiger partial charge in [-0.05, 0) is 37.0 Å². The first kappa shape index (κ1) is 15.5. The lowest BCUT2D eigenvalue weighted by molar-refractivity contribution is 0.0872. The zero-order chi connectivity index (χ0) is 15.1. The quantitative estimate of drug-likeness (QED) is 0.791. The second kappa shape index (κ2) is 4.08. The van der Waals surface area contributed by atoms with E-state index in [1.807, 2.05) is 0 Å². The van der Waals surface area contributed by atoms with E-state index in [0.29, 0.717) is 12.1 Å². The second-order valence-electron chi connectivity index (χ2n) is 5.26. The molecule has 0 unspecified atom stereocenters. The summed E-state index contributed by atoms with van der Waals surface area (Å²) in [6, 6.07) is 3.18. The van der Waals surface area contributed by atoms with Crippen molar-refractivity contribution in [1.29, 1.82) is 0 Å². The smallest absolute Gasteiger partial charge is 0.310 e. The molecule has 0 atom stereocenters. The summed E-state index contributed by atoms with van der Waals surface area (Å²) in [7, 11) is -9.63. The number of aliphatic hydroxyl groups excluding tert-OH is 1. The summed E-state index contributed by atoms with van der Waals surface area (Å²) >= 11 is 0. The van der Waals surface area contributed by atoms with Crippen molar-refractivity contribution in [3.8, 4) is 0 Å². The molecule has 1 aromatic carbocycles. The minimum atomic E-state index is -9.63. The lowest BCUT2D eigenvalue weighted by atomic mass is 9.77. The van der Waals surface area contributed by atoms with E-state index in [9.17, 15) is 24.5 Å². The van der Waals surface area contributed by atoms with E-state index in [2.05, 4.69) is 5.32 Å². The predicted molar refractivity (Wildman–Crippen MR) is 68.3 cm³/mol. The summed E-state index contributed by atoms with van der Waals surface area (Å²) in [6.07, 6.45) is 2.38. The fourth-order valence-corrected chi connectivity index (χ4v) is 2.89. The van der Waals surface area contributed by atoms with Crippen LogP contribution in [-0.2, 0) is 6.54 Å². The van der Waals surface area contributed by atoms with Crippen LogP contribution in [0.15, 0.2) is 29.2 Å². The Labute approximate surface area is 113 Å². The predicted octanol–water partition coefficient (Wildman–Crippen LogP) is 4.35. The van der Waals surface area contributed by atoms with E-state index >= 15 is 0 Å². The van der Waals surface area contributed by atoms with Crippen molar-refractivity contribution in [2.45, 2.75) is 36.2 Å². The number of nitrogens with one attached hydrogen (secondary N) is 1. The SMILES string of the molecule is OCC1(NCc2cccc(S(F)(F)(F)(F)F)c2)CCC1. The zero-order valence-corrected chi connectivity index (χ0v) is 11.4. The van der Waals surface area contributed by atoms with Gasteiger partial charge in [0, 0.05) is 12.1 Å². The molecule has 0 heterocycles. The number of benzene rings is 1. The summed E-state index contributed by atoms with van der Waals surface area (Å²) in [5.74, 6) is 0. The van der Waals surface area contributed by atoms with Gasteiger partial charge in [-0.15, -0.1) is 0 Å². The molecule has 8 heteroatoms. The van der Waals surface area contributed by atoms with Crippen LogP contribution in [0, 0.1) is 0 Å². The van der Waals surface area contributed by atoms with Crippen molar-refractivity contribution in [1.82, 2.24) is 5.32 Å². The topological polar surface area (TPSA) is 32.3 Å². The van der Waals surface area contributed by atoms with Gasteiger partial charge in [-0.25, -0.2) is 0 Å². The molecule has 2 N–H and O–H groups in total. The molecule has 2 nitrogen and oxygen atoms in total. The van der Waals surface area contributed by atoms with Crippen LogP contribution in [-0.4, -0.2) is 17.3 Å². The van der Waals surface area contributed by atoms with E-state index in [0.717, 1.165) is 25.3 Å². The Balaban J connectivity index is 2.16. The third kappa shape index (κ3) is 3.42. The molecule has 0 radical (unpaired) electrons. The largest absolute Gasteiger partial charge is 0.394 e. The van der Waals surface area contributed by atoms with Gasteiger partial charge in [0.05, 0.1) is 6.61 Å². The lowest BCUT2D eigenvalue weighted by Gasteiger charge is -2.42. The molecule has 1 aromatic rings. The van der Waals surface area contributed by atoms with Gasteiger partial charge in [0.25, 0.3) is 0 Å². The molecule has 0 saturated heterocycles. The van der Waals surface area contributed by atoms with E-state index in [1.54, 1.807) is 0 Å². The molecule has 0 spiro atoms. The van der Waals surface area contributed by atoms with Crippen molar-refractivity contribution in [3.05, 3.63) is 29.8 Å². The minimum absolute atomic E-state index is 0.0161. The Hall–Kier alpha value is -0.860. The lowest BCUT2D eigenvalue weighted by Crippen LogP contribution is -2.53. The Kier molecular flexibility index (Phi) is 3.17. The van der Waals surface area contributed by atoms with E-state index in [1.165, 1.54) is 6.07 Å². The third-order valence-electron chi connectivity index (χ3n) is 3.62. The molecule has 1 fully saturated rings. The molecular formula is C12H16F5NOS. The molecule has 1 saturated carbocycles. The van der Waals surface area contributed by atoms with Crippen LogP contribution >= 0.6 is 10.2 Å². The summed E-state index contributed by atoms with van der Waals surface area (Å²) < 4.78 is 63.4. The van der Waals surface area contributed by atoms with Gasteiger partial charge < -0.3 is 10.4 Å². The second-order valence-corrected chi connectivity index (χ2v) is 7.67. The maximum Gasteiger partial charge on any atom is 0.310 e. The molecular weight excluding hydrogens is 301 g/mol. The van der Waals surface area contributed by atoms with Gasteiger partial charge in [0.2, 0.25) is 0 Å². The van der Waals surface area contributed by atoms with E-state index in [4.69, 9.17) is 0 Å². The first-order valence-corrected chi connectivity index (χ1v) is 8.08. The standard InChI is InChI=1S/C12H16F5NOS/c13-20(14,15,16,17)11-4-1-3-10(7-11)8-18-12(9-19)5-2-6-12/h1,3-4,7,18-19H,2,5-6,8-9H2. The van der Waals surface area contributed by atoms with E-state index in [-0.39, 0.29) is 18.7 Å². The van der Waals surface area contributed by atoms with Crippen molar-refractivity contribution in [3.63, 3.8) is 0 Å². The minimum Gasteiger partial charge on any atom is -0.394 e. The molecule has 1 aliphatic carbocycles. The van der Waals surface area contributed by atoms with Gasteiger partial charge in [-0.3, -0.25) is 0 Å². The van der Waals surface area contributed by atoms with Gasteiger partial charge in [0.15, 0.2) is 0 Å². The first-order chi connectivity index (χ1) is 8.94. The maximum atomic E-state index is 12.7. The zero-order valence-electron chi connectivity index (χ0n) is 10.6. The fourth-order valence-electron chi connectivity index (χ4n) is 2.18. The average Bonchev–Trinajstić information content (AvgIpc) is 2.26. The highest BCUT2D eigenvalue weighted by molar-refractivity contribution is 8.45. The van der Waals surface area contributed by atoms with Crippen molar-refractivity contribution in [2.24, 2.45) is 0 Å². The molecule has 0 bridgehead atoms. The van der Waals surface area contributed by atoms with E-state index < -0.39 is 20.7 Å². The highest BCUT2D eigenvalue weighted by Gasteiger charge is 2.65. The van der Waals surface area contributed by atoms with Gasteiger partial charge in [-0.1, -0.05) is 31.6 Å². The Morgan fingerprint density at radius 2 is 1.80 bits per heavy atom. The molecule has 116 valence electrons. The van der Waals surface area contributed by atoms with Crippen LogP contribution in [0.3, 0.4) is 0 Å². The number of hydrogen-bond donors (Lipinski definition) is 2. The van der Waals surface area contributed by atoms with Crippen molar-refractivity contribution < 1.29 is 24.5 Å². The van der Waals surface area contributed by atoms with Gasteiger partial charge >= 0.3 is 10.2 Å². The number of hydrogen-bond acceptors (Lipinski definition) is 2. The molecule has 20 heavy (non-hydrogen) atoms. The summed E-state index contributed by atoms with van der Waals surface area (Å²) in [5.41, 5.74) is -0.361. The Morgan fingerprint density at radius 1 is 1.15 bits per heavy atom. The highest BCUT2D eigenvalue weighted by atomic mass is 32.5. The third-order valence-corrected chi connectivity index (χ3v) is 4.77. The fraction of sp³-hybridized carbons (Fsp3) is 0.500. The van der Waals surface area contributed by atoms with Crippen molar-refractivity contribution >= 4 is 10.2 Å². The summed E-state index contributed by atoms with van der Waals surface area (Å²) in [4.78, 5) is -1.88. The van der Waals surface area contributed by atoms with Crippen LogP contribution in [0.25, 0.3) is 0 Å². The summed E-state index contributed by atoms with van der Waals surface area (Å²) in [5, 5.41) is 12.2. The first-order valence-electron chi connectivity index (χ1n) is 6.13. The number of halogens is 5. The van der Waals surface area contributed by atoms with Crippen LogP contribution in [0.2, 0.25) is 0 Å². The van der Waals surface area contributed by atoms with Gasteiger partial charge in [0.1, 0.15) is 4.90 Å². The van der Waals surface area contributed by atoms with Crippen molar-refractivity contribution in [2.75, 3.05) is 6.61 Å². The number of rotatable bonds is 5. The average molecular weight is 317 g/mol. The molecule has 0 aromatic heterocycles. The van der Waals surface area contributed by atoms with Crippen LogP contribution in [0.4, 0.5) is 19.4 Å². The van der Waals surface area contributed by atoms with Crippen LogP contribution < -0.4 is 5.32 Å². The molecule has 0 amide bonds. The number of aliphatic hydroxyl groups is 1. The normalized spacial score (nSPS) is 21.7. The molecule has 0 aliphatic heterocycles. The van der Waals surface area contributed by atoms with Crippen LogP contribution in [0.1, 0.15) is 24.8 Å². The Morgan fingerprint density at radius 3 is 2.25 bits per heavy atom. The van der Waals surface area contributed by atoms with Crippen LogP contribution in [0.5, 0.6) is 0 Å². The molecule has 2 rings (SSSR count). The van der Waals surface area contributed by atoms with Gasteiger partial charge in [-0.2, -0.15) is 0 Å². The maximum absolute atomic E-state index is 12.7. The summed E-state index contributed by atoms with van der Waals surface area (Å²) in [6.45, 7) is -0.101.